The van der Waals surface area contributed by atoms with E-state index < -0.39 is 8.32 Å². The van der Waals surface area contributed by atoms with Crippen LogP contribution >= 0.6 is 0 Å². The van der Waals surface area contributed by atoms with E-state index in [1.165, 1.54) is 24.8 Å². The summed E-state index contributed by atoms with van der Waals surface area (Å²) in [6.45, 7) is 17.7. The fourth-order valence-corrected chi connectivity index (χ4v) is 3.75. The molecule has 0 saturated heterocycles. The minimum atomic E-state index is -1.65. The molecule has 0 aromatic carbocycles. The Kier molecular flexibility index (Phi) is 5.25. The van der Waals surface area contributed by atoms with Crippen LogP contribution in [0, 0.1) is 0 Å². The quantitative estimate of drug-likeness (QED) is 0.323. The molecular weight excluding hydrogens is 248 g/mol. The average molecular weight is 281 g/mol. The van der Waals surface area contributed by atoms with E-state index in [-0.39, 0.29) is 5.60 Å². The third-order valence-corrected chi connectivity index (χ3v) is 9.26. The van der Waals surface area contributed by atoms with Crippen LogP contribution in [-0.4, -0.2) is 13.9 Å². The molecule has 0 radical (unpaired) electrons. The Morgan fingerprint density at radius 2 is 1.84 bits per heavy atom. The van der Waals surface area contributed by atoms with E-state index in [0.29, 0.717) is 5.04 Å². The molecule has 0 heterocycles. The Balaban J connectivity index is 2.64. The fraction of sp³-hybridized carbons (Fsp3) is 0.765. The number of hydrogen-bond acceptors (Lipinski definition) is 1. The maximum atomic E-state index is 6.67. The molecule has 1 rings (SSSR count). The summed E-state index contributed by atoms with van der Waals surface area (Å²) < 4.78 is 6.67. The number of allylic oxidation sites excluding steroid dienone is 2. The van der Waals surface area contributed by atoms with Crippen LogP contribution in [0.3, 0.4) is 0 Å². The molecule has 0 amide bonds. The molecule has 0 unspecified atom stereocenters. The second-order valence-electron chi connectivity index (χ2n) is 7.46. The topological polar surface area (TPSA) is 9.23 Å². The van der Waals surface area contributed by atoms with Crippen molar-refractivity contribution in [2.24, 2.45) is 0 Å². The monoisotopic (exact) mass is 280 g/mol. The number of unbranched alkanes of at least 4 members (excludes halogenated alkanes) is 2. The first kappa shape index (κ1) is 16.7. The smallest absolute Gasteiger partial charge is 0.193 e. The first-order valence-electron chi connectivity index (χ1n) is 7.63. The van der Waals surface area contributed by atoms with Gasteiger partial charge in [-0.05, 0) is 62.7 Å². The molecule has 2 heteroatoms. The van der Waals surface area contributed by atoms with Gasteiger partial charge in [0.1, 0.15) is 0 Å². The summed E-state index contributed by atoms with van der Waals surface area (Å²) in [4.78, 5) is 0. The van der Waals surface area contributed by atoms with Gasteiger partial charge in [-0.1, -0.05) is 32.9 Å². The van der Waals surface area contributed by atoms with Crippen molar-refractivity contribution in [3.05, 3.63) is 24.3 Å². The summed E-state index contributed by atoms with van der Waals surface area (Å²) >= 11 is 0. The van der Waals surface area contributed by atoms with Crippen molar-refractivity contribution in [3.8, 4) is 0 Å². The fourth-order valence-electron chi connectivity index (χ4n) is 2.10. The van der Waals surface area contributed by atoms with E-state index in [1.807, 2.05) is 6.08 Å². The minimum Gasteiger partial charge on any atom is -0.408 e. The highest BCUT2D eigenvalue weighted by Crippen LogP contribution is 2.51. The number of rotatable bonds is 7. The van der Waals surface area contributed by atoms with Gasteiger partial charge in [0.2, 0.25) is 0 Å². The second kappa shape index (κ2) is 5.97. The molecule has 0 spiro atoms. The van der Waals surface area contributed by atoms with Gasteiger partial charge in [0.25, 0.3) is 0 Å². The van der Waals surface area contributed by atoms with Gasteiger partial charge in [-0.25, -0.2) is 0 Å². The third kappa shape index (κ3) is 4.32. The molecule has 0 aromatic rings. The predicted molar refractivity (Wildman–Crippen MR) is 88.1 cm³/mol. The Morgan fingerprint density at radius 1 is 1.26 bits per heavy atom. The van der Waals surface area contributed by atoms with Crippen LogP contribution in [-0.2, 0) is 4.43 Å². The summed E-state index contributed by atoms with van der Waals surface area (Å²) in [6.07, 6.45) is 10.3. The van der Waals surface area contributed by atoms with Crippen LogP contribution in [0.2, 0.25) is 18.1 Å². The van der Waals surface area contributed by atoms with Crippen LogP contribution in [0.25, 0.3) is 0 Å². The highest BCUT2D eigenvalue weighted by atomic mass is 28.4. The molecule has 1 saturated carbocycles. The SMILES string of the molecule is C=CCCC/C=C(/C)C1(O[Si](C)(C)C(C)(C)C)CC1. The van der Waals surface area contributed by atoms with Crippen molar-refractivity contribution >= 4 is 8.32 Å². The van der Waals surface area contributed by atoms with Crippen LogP contribution in [0.4, 0.5) is 0 Å². The van der Waals surface area contributed by atoms with E-state index >= 15 is 0 Å². The molecule has 0 aliphatic heterocycles. The average Bonchev–Trinajstić information content (AvgIpc) is 3.03. The maximum absolute atomic E-state index is 6.67. The van der Waals surface area contributed by atoms with Crippen molar-refractivity contribution in [2.45, 2.75) is 83.5 Å². The molecule has 0 bridgehead atoms. The van der Waals surface area contributed by atoms with E-state index in [9.17, 15) is 0 Å². The van der Waals surface area contributed by atoms with Crippen molar-refractivity contribution in [1.29, 1.82) is 0 Å². The largest absolute Gasteiger partial charge is 0.408 e. The van der Waals surface area contributed by atoms with Gasteiger partial charge in [0.05, 0.1) is 5.60 Å². The summed E-state index contributed by atoms with van der Waals surface area (Å²) in [5.41, 5.74) is 1.55. The van der Waals surface area contributed by atoms with Gasteiger partial charge >= 0.3 is 0 Å². The molecule has 1 nitrogen and oxygen atoms in total. The summed E-state index contributed by atoms with van der Waals surface area (Å²) in [6, 6.07) is 0. The molecule has 1 aliphatic carbocycles. The molecule has 19 heavy (non-hydrogen) atoms. The van der Waals surface area contributed by atoms with Crippen LogP contribution in [0.1, 0.15) is 59.8 Å². The van der Waals surface area contributed by atoms with Gasteiger partial charge < -0.3 is 4.43 Å². The standard InChI is InChI=1S/C17H32OSi/c1-8-9-10-11-12-15(2)17(13-14-17)18-19(6,7)16(3,4)5/h8,12H,1,9-11,13-14H2,2-7H3/b15-12-. The Bertz CT molecular complexity index is 343. The van der Waals surface area contributed by atoms with Crippen molar-refractivity contribution < 1.29 is 4.43 Å². The van der Waals surface area contributed by atoms with E-state index in [1.54, 1.807) is 0 Å². The molecule has 0 N–H and O–H groups in total. The van der Waals surface area contributed by atoms with Crippen molar-refractivity contribution in [1.82, 2.24) is 0 Å². The lowest BCUT2D eigenvalue weighted by Gasteiger charge is -2.40. The van der Waals surface area contributed by atoms with E-state index in [4.69, 9.17) is 4.43 Å². The predicted octanol–water partition coefficient (Wildman–Crippen LogP) is 5.84. The van der Waals surface area contributed by atoms with Crippen molar-refractivity contribution in [2.75, 3.05) is 0 Å². The Morgan fingerprint density at radius 3 is 2.26 bits per heavy atom. The molecule has 1 aliphatic rings. The van der Waals surface area contributed by atoms with Crippen LogP contribution in [0.15, 0.2) is 24.3 Å². The molecule has 0 aromatic heterocycles. The lowest BCUT2D eigenvalue weighted by Crippen LogP contribution is -2.45. The van der Waals surface area contributed by atoms with Crippen molar-refractivity contribution in [3.63, 3.8) is 0 Å². The first-order valence-corrected chi connectivity index (χ1v) is 10.5. The summed E-state index contributed by atoms with van der Waals surface area (Å²) in [7, 11) is -1.65. The third-order valence-electron chi connectivity index (χ3n) is 4.74. The number of hydrogen-bond donors (Lipinski definition) is 0. The van der Waals surface area contributed by atoms with Gasteiger partial charge in [-0.3, -0.25) is 0 Å². The van der Waals surface area contributed by atoms with Crippen LogP contribution < -0.4 is 0 Å². The zero-order valence-corrected chi connectivity index (χ0v) is 14.8. The summed E-state index contributed by atoms with van der Waals surface area (Å²) in [5.74, 6) is 0. The Hall–Kier alpha value is -0.343. The van der Waals surface area contributed by atoms with Gasteiger partial charge in [0.15, 0.2) is 8.32 Å². The highest BCUT2D eigenvalue weighted by Gasteiger charge is 2.52. The molecule has 0 atom stereocenters. The summed E-state index contributed by atoms with van der Waals surface area (Å²) in [5, 5.41) is 0.297. The normalized spacial score (nSPS) is 19.4. The zero-order chi connectivity index (χ0) is 14.7. The van der Waals surface area contributed by atoms with E-state index in [0.717, 1.165) is 12.8 Å². The van der Waals surface area contributed by atoms with Crippen LogP contribution in [0.5, 0.6) is 0 Å². The highest BCUT2D eigenvalue weighted by molar-refractivity contribution is 6.74. The van der Waals surface area contributed by atoms with E-state index in [2.05, 4.69) is 53.4 Å². The van der Waals surface area contributed by atoms with Gasteiger partial charge in [-0.15, -0.1) is 6.58 Å². The zero-order valence-electron chi connectivity index (χ0n) is 13.8. The van der Waals surface area contributed by atoms with Gasteiger partial charge in [-0.2, -0.15) is 0 Å². The first-order chi connectivity index (χ1) is 8.65. The minimum absolute atomic E-state index is 0.0944. The Labute approximate surface area is 121 Å². The molecular formula is C17H32OSi. The maximum Gasteiger partial charge on any atom is 0.193 e. The lowest BCUT2D eigenvalue weighted by atomic mass is 10.1. The molecule has 1 fully saturated rings. The molecule has 110 valence electrons. The lowest BCUT2D eigenvalue weighted by molar-refractivity contribution is 0.193. The van der Waals surface area contributed by atoms with Gasteiger partial charge in [0, 0.05) is 0 Å². The second-order valence-corrected chi connectivity index (χ2v) is 12.2.